The molecule has 0 radical (unpaired) electrons. The summed E-state index contributed by atoms with van der Waals surface area (Å²) in [5, 5.41) is 8.56. The smallest absolute Gasteiger partial charge is 0.330 e. The summed E-state index contributed by atoms with van der Waals surface area (Å²) in [6.45, 7) is 8.86. The van der Waals surface area contributed by atoms with E-state index in [1.807, 2.05) is 48.5 Å². The zero-order chi connectivity index (χ0) is 27.3. The average Bonchev–Trinajstić information content (AvgIpc) is 2.95. The van der Waals surface area contributed by atoms with E-state index in [1.165, 1.54) is 12.2 Å². The van der Waals surface area contributed by atoms with Crippen molar-refractivity contribution in [2.45, 2.75) is 51.4 Å². The molecule has 0 atom stereocenters. The summed E-state index contributed by atoms with van der Waals surface area (Å²) in [4.78, 5) is 21.9. The second kappa shape index (κ2) is 19.2. The van der Waals surface area contributed by atoms with Crippen LogP contribution in [0.1, 0.15) is 51.4 Å². The summed E-state index contributed by atoms with van der Waals surface area (Å²) in [6, 6.07) is 15.0. The zero-order valence-corrected chi connectivity index (χ0v) is 22.0. The highest BCUT2D eigenvalue weighted by molar-refractivity contribution is 5.81. The molecule has 8 nitrogen and oxygen atoms in total. The topological polar surface area (TPSA) is 95.8 Å². The van der Waals surface area contributed by atoms with Crippen molar-refractivity contribution in [2.75, 3.05) is 26.4 Å². The molecule has 0 saturated carbocycles. The number of esters is 2. The Labute approximate surface area is 225 Å². The molecule has 0 saturated heterocycles. The number of azo groups is 1. The summed E-state index contributed by atoms with van der Waals surface area (Å²) in [5.74, 6) is 0.839. The quantitative estimate of drug-likeness (QED) is 0.0776. The monoisotopic (exact) mass is 522 g/mol. The molecule has 0 fully saturated rings. The van der Waals surface area contributed by atoms with Crippen LogP contribution in [0.15, 0.2) is 84.1 Å². The molecule has 0 amide bonds. The molecule has 0 heterocycles. The summed E-state index contributed by atoms with van der Waals surface area (Å²) < 4.78 is 21.4. The van der Waals surface area contributed by atoms with Gasteiger partial charge in [0.25, 0.3) is 0 Å². The van der Waals surface area contributed by atoms with Crippen LogP contribution in [0.3, 0.4) is 0 Å². The molecule has 2 aromatic carbocycles. The van der Waals surface area contributed by atoms with Gasteiger partial charge in [0.2, 0.25) is 0 Å². The predicted octanol–water partition coefficient (Wildman–Crippen LogP) is 7.44. The summed E-state index contributed by atoms with van der Waals surface area (Å²) in [6.07, 6.45) is 9.90. The lowest BCUT2D eigenvalue weighted by Crippen LogP contribution is -2.02. The van der Waals surface area contributed by atoms with Gasteiger partial charge in [0, 0.05) is 12.2 Å². The molecule has 8 heteroatoms. The Kier molecular flexibility index (Phi) is 15.3. The fourth-order valence-electron chi connectivity index (χ4n) is 3.29. The van der Waals surface area contributed by atoms with Gasteiger partial charge in [-0.1, -0.05) is 13.2 Å². The highest BCUT2D eigenvalue weighted by Crippen LogP contribution is 2.23. The number of nitrogens with zero attached hydrogens (tertiary/aromatic N) is 2. The number of hydrogen-bond acceptors (Lipinski definition) is 8. The SMILES string of the molecule is C=CC(=O)OCCCCCCOc1ccc(/N=N/c2ccc(OCCCCCCOC(=O)C=C)cc2)cc1. The minimum atomic E-state index is -0.374. The Bertz CT molecular complexity index is 921. The van der Waals surface area contributed by atoms with Gasteiger partial charge < -0.3 is 18.9 Å². The van der Waals surface area contributed by atoms with Crippen LogP contribution in [0, 0.1) is 0 Å². The number of rotatable bonds is 20. The summed E-state index contributed by atoms with van der Waals surface area (Å²) in [7, 11) is 0. The van der Waals surface area contributed by atoms with Crippen LogP contribution < -0.4 is 9.47 Å². The first-order valence-corrected chi connectivity index (χ1v) is 13.1. The van der Waals surface area contributed by atoms with E-state index in [9.17, 15) is 9.59 Å². The van der Waals surface area contributed by atoms with Crippen LogP contribution in [-0.4, -0.2) is 38.4 Å². The lowest BCUT2D eigenvalue weighted by Gasteiger charge is -2.07. The molecule has 0 spiro atoms. The molecule has 0 aromatic heterocycles. The van der Waals surface area contributed by atoms with E-state index in [-0.39, 0.29) is 11.9 Å². The maximum absolute atomic E-state index is 11.0. The lowest BCUT2D eigenvalue weighted by atomic mass is 10.2. The first kappa shape index (κ1) is 30.3. The highest BCUT2D eigenvalue weighted by atomic mass is 16.5. The molecule has 2 rings (SSSR count). The van der Waals surface area contributed by atoms with Gasteiger partial charge in [-0.05, 0) is 99.9 Å². The third-order valence-corrected chi connectivity index (χ3v) is 5.39. The van der Waals surface area contributed by atoms with Gasteiger partial charge in [0.05, 0.1) is 37.8 Å². The Morgan fingerprint density at radius 2 is 0.895 bits per heavy atom. The maximum Gasteiger partial charge on any atom is 0.330 e. The van der Waals surface area contributed by atoms with Gasteiger partial charge in [0.15, 0.2) is 0 Å². The van der Waals surface area contributed by atoms with E-state index < -0.39 is 0 Å². The number of hydrogen-bond donors (Lipinski definition) is 0. The standard InChI is InChI=1S/C30H38N2O6/c1-3-29(33)37-23-11-7-5-9-21-35-27-17-13-25(14-18-27)31-32-26-15-19-28(20-16-26)36-22-10-6-8-12-24-38-30(34)4-2/h3-4,13-20H,1-2,5-12,21-24H2/b32-31+. The van der Waals surface area contributed by atoms with Crippen LogP contribution in [0.25, 0.3) is 0 Å². The van der Waals surface area contributed by atoms with Crippen molar-refractivity contribution < 1.29 is 28.5 Å². The predicted molar refractivity (Wildman–Crippen MR) is 147 cm³/mol. The van der Waals surface area contributed by atoms with Crippen molar-refractivity contribution in [2.24, 2.45) is 10.2 Å². The average molecular weight is 523 g/mol. The molecule has 0 unspecified atom stereocenters. The van der Waals surface area contributed by atoms with Crippen LogP contribution in [-0.2, 0) is 19.1 Å². The number of ether oxygens (including phenoxy) is 4. The number of benzene rings is 2. The van der Waals surface area contributed by atoms with Crippen molar-refractivity contribution >= 4 is 23.3 Å². The van der Waals surface area contributed by atoms with E-state index in [4.69, 9.17) is 18.9 Å². The van der Waals surface area contributed by atoms with Crippen LogP contribution >= 0.6 is 0 Å². The molecular formula is C30H38N2O6. The minimum Gasteiger partial charge on any atom is -0.494 e. The van der Waals surface area contributed by atoms with E-state index >= 15 is 0 Å². The van der Waals surface area contributed by atoms with Crippen molar-refractivity contribution in [3.63, 3.8) is 0 Å². The fourth-order valence-corrected chi connectivity index (χ4v) is 3.29. The van der Waals surface area contributed by atoms with E-state index in [0.717, 1.165) is 74.2 Å². The second-order valence-electron chi connectivity index (χ2n) is 8.46. The summed E-state index contributed by atoms with van der Waals surface area (Å²) >= 11 is 0. The molecule has 0 aliphatic heterocycles. The van der Waals surface area contributed by atoms with Gasteiger partial charge in [-0.25, -0.2) is 9.59 Å². The molecule has 2 aromatic rings. The van der Waals surface area contributed by atoms with Crippen molar-refractivity contribution in [3.05, 3.63) is 73.8 Å². The molecule has 38 heavy (non-hydrogen) atoms. The first-order chi connectivity index (χ1) is 18.6. The normalized spacial score (nSPS) is 10.6. The molecule has 0 N–H and O–H groups in total. The molecule has 0 aliphatic carbocycles. The Hall–Kier alpha value is -3.94. The number of carbonyl (C=O) groups excluding carboxylic acids is 2. The minimum absolute atomic E-state index is 0.374. The van der Waals surface area contributed by atoms with Crippen molar-refractivity contribution in [1.29, 1.82) is 0 Å². The third-order valence-electron chi connectivity index (χ3n) is 5.39. The van der Waals surface area contributed by atoms with Gasteiger partial charge in [-0.2, -0.15) is 10.2 Å². The van der Waals surface area contributed by atoms with Gasteiger partial charge >= 0.3 is 11.9 Å². The third kappa shape index (κ3) is 14.0. The number of unbranched alkanes of at least 4 members (excludes halogenated alkanes) is 6. The molecule has 204 valence electrons. The van der Waals surface area contributed by atoms with E-state index in [1.54, 1.807) is 0 Å². The molecule has 0 aliphatic rings. The van der Waals surface area contributed by atoms with Crippen LogP contribution in [0.2, 0.25) is 0 Å². The maximum atomic E-state index is 11.0. The van der Waals surface area contributed by atoms with Crippen molar-refractivity contribution in [1.82, 2.24) is 0 Å². The lowest BCUT2D eigenvalue weighted by molar-refractivity contribution is -0.138. The Balaban J connectivity index is 1.57. The zero-order valence-electron chi connectivity index (χ0n) is 22.0. The Morgan fingerprint density at radius 1 is 0.553 bits per heavy atom. The van der Waals surface area contributed by atoms with Gasteiger partial charge in [0.1, 0.15) is 11.5 Å². The van der Waals surface area contributed by atoms with Crippen molar-refractivity contribution in [3.8, 4) is 11.5 Å². The second-order valence-corrected chi connectivity index (χ2v) is 8.46. The molecular weight excluding hydrogens is 484 g/mol. The Morgan fingerprint density at radius 3 is 1.24 bits per heavy atom. The highest BCUT2D eigenvalue weighted by Gasteiger charge is 2.00. The first-order valence-electron chi connectivity index (χ1n) is 13.1. The van der Waals surface area contributed by atoms with Crippen LogP contribution in [0.5, 0.6) is 11.5 Å². The summed E-state index contributed by atoms with van der Waals surface area (Å²) in [5.41, 5.74) is 1.48. The fraction of sp³-hybridized carbons (Fsp3) is 0.400. The van der Waals surface area contributed by atoms with Crippen LogP contribution in [0.4, 0.5) is 11.4 Å². The molecule has 0 bridgehead atoms. The van der Waals surface area contributed by atoms with Gasteiger partial charge in [-0.3, -0.25) is 0 Å². The van der Waals surface area contributed by atoms with Gasteiger partial charge in [-0.15, -0.1) is 0 Å². The largest absolute Gasteiger partial charge is 0.494 e. The van der Waals surface area contributed by atoms with E-state index in [2.05, 4.69) is 23.4 Å². The van der Waals surface area contributed by atoms with E-state index in [0.29, 0.717) is 26.4 Å². The number of carbonyl (C=O) groups is 2.